The summed E-state index contributed by atoms with van der Waals surface area (Å²) in [6.45, 7) is 10.5. The molecule has 0 radical (unpaired) electrons. The van der Waals surface area contributed by atoms with Gasteiger partial charge in [0.25, 0.3) is 0 Å². The van der Waals surface area contributed by atoms with Gasteiger partial charge in [-0.25, -0.2) is 0 Å². The molecule has 0 spiro atoms. The van der Waals surface area contributed by atoms with Crippen molar-refractivity contribution in [1.82, 2.24) is 19.6 Å². The van der Waals surface area contributed by atoms with Crippen LogP contribution in [0.3, 0.4) is 0 Å². The lowest BCUT2D eigenvalue weighted by atomic mass is 10.1. The van der Waals surface area contributed by atoms with Crippen LogP contribution in [0.15, 0.2) is 18.5 Å². The van der Waals surface area contributed by atoms with Crippen molar-refractivity contribution in [2.24, 2.45) is 5.92 Å². The van der Waals surface area contributed by atoms with E-state index in [9.17, 15) is 9.59 Å². The Labute approximate surface area is 132 Å². The fourth-order valence-electron chi connectivity index (χ4n) is 2.86. The lowest BCUT2D eigenvalue weighted by molar-refractivity contribution is -0.136. The topological polar surface area (TPSA) is 58.4 Å². The molecule has 0 N–H and O–H groups in total. The summed E-state index contributed by atoms with van der Waals surface area (Å²) in [7, 11) is 0. The third kappa shape index (κ3) is 3.67. The molecule has 122 valence electrons. The van der Waals surface area contributed by atoms with Crippen LogP contribution in [0.2, 0.25) is 0 Å². The Morgan fingerprint density at radius 2 is 2.18 bits per heavy atom. The first kappa shape index (κ1) is 16.5. The highest BCUT2D eigenvalue weighted by atomic mass is 16.2. The van der Waals surface area contributed by atoms with Crippen molar-refractivity contribution in [3.8, 4) is 0 Å². The van der Waals surface area contributed by atoms with Gasteiger partial charge in [-0.15, -0.1) is 0 Å². The second kappa shape index (κ2) is 6.50. The van der Waals surface area contributed by atoms with Crippen molar-refractivity contribution in [3.63, 3.8) is 0 Å². The highest BCUT2D eigenvalue weighted by molar-refractivity contribution is 5.89. The number of carbonyl (C=O) groups excluding carboxylic acids is 2. The highest BCUT2D eigenvalue weighted by Gasteiger charge is 2.40. The first-order valence-corrected chi connectivity index (χ1v) is 7.89. The van der Waals surface area contributed by atoms with Gasteiger partial charge in [0.2, 0.25) is 11.8 Å². The van der Waals surface area contributed by atoms with E-state index < -0.39 is 0 Å². The second-order valence-corrected chi connectivity index (χ2v) is 6.76. The Morgan fingerprint density at radius 3 is 2.68 bits per heavy atom. The molecule has 1 aromatic rings. The van der Waals surface area contributed by atoms with E-state index in [1.807, 2.05) is 54.4 Å². The summed E-state index contributed by atoms with van der Waals surface area (Å²) in [6.07, 6.45) is 3.95. The number of hydrogen-bond donors (Lipinski definition) is 0. The van der Waals surface area contributed by atoms with Crippen LogP contribution in [0.5, 0.6) is 0 Å². The number of nitrogens with zero attached hydrogens (tertiary/aromatic N) is 4. The predicted octanol–water partition coefficient (Wildman–Crippen LogP) is 1.38. The summed E-state index contributed by atoms with van der Waals surface area (Å²) >= 11 is 0. The van der Waals surface area contributed by atoms with Crippen LogP contribution in [-0.4, -0.2) is 56.6 Å². The lowest BCUT2D eigenvalue weighted by Gasteiger charge is -2.32. The first-order chi connectivity index (χ1) is 10.3. The number of rotatable bonds is 5. The van der Waals surface area contributed by atoms with Gasteiger partial charge in [0.05, 0.1) is 12.5 Å². The molecule has 2 heterocycles. The van der Waals surface area contributed by atoms with Crippen molar-refractivity contribution in [2.75, 3.05) is 19.6 Å². The van der Waals surface area contributed by atoms with Crippen LogP contribution in [0.4, 0.5) is 0 Å². The molecule has 2 amide bonds. The number of carbonyl (C=O) groups is 2. The minimum absolute atomic E-state index is 0.0778. The first-order valence-electron chi connectivity index (χ1n) is 7.89. The van der Waals surface area contributed by atoms with Gasteiger partial charge in [0.15, 0.2) is 0 Å². The number of amides is 2. The van der Waals surface area contributed by atoms with Gasteiger partial charge in [-0.1, -0.05) is 0 Å². The van der Waals surface area contributed by atoms with Gasteiger partial charge in [-0.05, 0) is 33.8 Å². The smallest absolute Gasteiger partial charge is 0.228 e. The van der Waals surface area contributed by atoms with Gasteiger partial charge >= 0.3 is 0 Å². The summed E-state index contributed by atoms with van der Waals surface area (Å²) in [5.74, 6) is -0.0620. The standard InChI is InChI=1S/C16H26N4O2/c1-5-18(9-10-19-8-6-7-17-19)15(22)13-11-14(21)20(12-13)16(2,3)4/h6-8,13H,5,9-12H2,1-4H3/t13-/m0/s1. The molecular formula is C16H26N4O2. The summed E-state index contributed by atoms with van der Waals surface area (Å²) < 4.78 is 1.82. The van der Waals surface area contributed by atoms with Gasteiger partial charge in [0.1, 0.15) is 0 Å². The third-order valence-electron chi connectivity index (χ3n) is 4.14. The predicted molar refractivity (Wildman–Crippen MR) is 84.1 cm³/mol. The second-order valence-electron chi connectivity index (χ2n) is 6.76. The van der Waals surface area contributed by atoms with Crippen molar-refractivity contribution in [1.29, 1.82) is 0 Å². The minimum Gasteiger partial charge on any atom is -0.341 e. The molecule has 0 unspecified atom stereocenters. The summed E-state index contributed by atoms with van der Waals surface area (Å²) in [5, 5.41) is 4.15. The molecule has 0 saturated carbocycles. The van der Waals surface area contributed by atoms with E-state index in [0.717, 1.165) is 0 Å². The molecule has 1 atom stereocenters. The van der Waals surface area contributed by atoms with Gasteiger partial charge in [-0.2, -0.15) is 5.10 Å². The molecule has 0 aromatic carbocycles. The van der Waals surface area contributed by atoms with Crippen LogP contribution in [-0.2, 0) is 16.1 Å². The van der Waals surface area contributed by atoms with E-state index in [1.165, 1.54) is 0 Å². The van der Waals surface area contributed by atoms with E-state index in [1.54, 1.807) is 6.20 Å². The van der Waals surface area contributed by atoms with Gasteiger partial charge in [0, 0.05) is 44.0 Å². The van der Waals surface area contributed by atoms with Crippen molar-refractivity contribution >= 4 is 11.8 Å². The van der Waals surface area contributed by atoms with Crippen molar-refractivity contribution < 1.29 is 9.59 Å². The molecule has 1 aromatic heterocycles. The quantitative estimate of drug-likeness (QED) is 0.826. The molecule has 1 aliphatic rings. The van der Waals surface area contributed by atoms with Crippen LogP contribution in [0, 0.1) is 5.92 Å². The Morgan fingerprint density at radius 1 is 1.45 bits per heavy atom. The Balaban J connectivity index is 1.96. The maximum atomic E-state index is 12.7. The zero-order valence-corrected chi connectivity index (χ0v) is 14.0. The van der Waals surface area contributed by atoms with Crippen LogP contribution >= 0.6 is 0 Å². The lowest BCUT2D eigenvalue weighted by Crippen LogP contribution is -2.44. The van der Waals surface area contributed by atoms with E-state index in [2.05, 4.69) is 5.10 Å². The normalized spacial score (nSPS) is 18.8. The largest absolute Gasteiger partial charge is 0.341 e. The summed E-state index contributed by atoms with van der Waals surface area (Å²) in [6, 6.07) is 1.87. The molecular weight excluding hydrogens is 280 g/mol. The molecule has 1 fully saturated rings. The number of likely N-dealkylation sites (tertiary alicyclic amines) is 1. The molecule has 0 bridgehead atoms. The average Bonchev–Trinajstić information content (AvgIpc) is 3.07. The van der Waals surface area contributed by atoms with Crippen molar-refractivity contribution in [2.45, 2.75) is 46.2 Å². The fraction of sp³-hybridized carbons (Fsp3) is 0.688. The van der Waals surface area contributed by atoms with E-state index in [4.69, 9.17) is 0 Å². The third-order valence-corrected chi connectivity index (χ3v) is 4.14. The van der Waals surface area contributed by atoms with E-state index >= 15 is 0 Å². The SMILES string of the molecule is CCN(CCn1cccn1)C(=O)[C@H]1CC(=O)N(C(C)(C)C)C1. The van der Waals surface area contributed by atoms with Gasteiger partial charge < -0.3 is 9.80 Å². The van der Waals surface area contributed by atoms with Gasteiger partial charge in [-0.3, -0.25) is 14.3 Å². The zero-order chi connectivity index (χ0) is 16.3. The highest BCUT2D eigenvalue weighted by Crippen LogP contribution is 2.27. The molecule has 22 heavy (non-hydrogen) atoms. The van der Waals surface area contributed by atoms with Crippen LogP contribution < -0.4 is 0 Å². The maximum absolute atomic E-state index is 12.7. The Hall–Kier alpha value is -1.85. The molecule has 1 aliphatic heterocycles. The molecule has 6 heteroatoms. The number of aromatic nitrogens is 2. The summed E-state index contributed by atoms with van der Waals surface area (Å²) in [5.41, 5.74) is -0.224. The number of likely N-dealkylation sites (N-methyl/N-ethyl adjacent to an activating group) is 1. The van der Waals surface area contributed by atoms with E-state index in [-0.39, 0.29) is 23.3 Å². The van der Waals surface area contributed by atoms with E-state index in [0.29, 0.717) is 32.6 Å². The summed E-state index contributed by atoms with van der Waals surface area (Å²) in [4.78, 5) is 28.4. The van der Waals surface area contributed by atoms with Crippen LogP contribution in [0.1, 0.15) is 34.1 Å². The molecule has 6 nitrogen and oxygen atoms in total. The van der Waals surface area contributed by atoms with Crippen LogP contribution in [0.25, 0.3) is 0 Å². The average molecular weight is 306 g/mol. The fourth-order valence-corrected chi connectivity index (χ4v) is 2.86. The molecule has 1 saturated heterocycles. The Kier molecular flexibility index (Phi) is 4.88. The number of hydrogen-bond acceptors (Lipinski definition) is 3. The zero-order valence-electron chi connectivity index (χ0n) is 14.0. The monoisotopic (exact) mass is 306 g/mol. The molecule has 0 aliphatic carbocycles. The maximum Gasteiger partial charge on any atom is 0.228 e. The van der Waals surface area contributed by atoms with Crippen molar-refractivity contribution in [3.05, 3.63) is 18.5 Å². The molecule has 2 rings (SSSR count). The Bertz CT molecular complexity index is 519. The minimum atomic E-state index is -0.224.